The van der Waals surface area contributed by atoms with Crippen molar-refractivity contribution < 1.29 is 9.53 Å². The van der Waals surface area contributed by atoms with Gasteiger partial charge in [-0.1, -0.05) is 12.1 Å². The van der Waals surface area contributed by atoms with Crippen LogP contribution < -0.4 is 4.74 Å². The topological polar surface area (TPSA) is 61.5 Å². The van der Waals surface area contributed by atoms with Crippen LogP contribution in [0, 0.1) is 5.41 Å². The zero-order valence-corrected chi connectivity index (χ0v) is 16.7. The molecule has 2 aromatic rings. The van der Waals surface area contributed by atoms with Gasteiger partial charge >= 0.3 is 0 Å². The minimum absolute atomic E-state index is 0.235. The molecule has 0 aliphatic carbocycles. The van der Waals surface area contributed by atoms with Gasteiger partial charge in [-0.15, -0.1) is 0 Å². The maximum Gasteiger partial charge on any atom is 0.222 e. The van der Waals surface area contributed by atoms with Gasteiger partial charge in [0.1, 0.15) is 5.75 Å². The van der Waals surface area contributed by atoms with Crippen molar-refractivity contribution in [2.75, 3.05) is 33.3 Å². The average Bonchev–Trinajstić information content (AvgIpc) is 3.23. The second-order valence-corrected chi connectivity index (χ2v) is 8.31. The molecule has 0 saturated carbocycles. The largest absolute Gasteiger partial charge is 0.497 e. The molecule has 2 aliphatic heterocycles. The van der Waals surface area contributed by atoms with E-state index in [2.05, 4.69) is 38.0 Å². The summed E-state index contributed by atoms with van der Waals surface area (Å²) in [4.78, 5) is 24.3. The van der Waals surface area contributed by atoms with Gasteiger partial charge in [-0.05, 0) is 43.5 Å². The zero-order chi connectivity index (χ0) is 19.4. The highest BCUT2D eigenvalue weighted by molar-refractivity contribution is 5.77. The van der Waals surface area contributed by atoms with Gasteiger partial charge in [0.25, 0.3) is 0 Å². The van der Waals surface area contributed by atoms with Gasteiger partial charge in [0.2, 0.25) is 5.91 Å². The molecule has 150 valence electrons. The Balaban J connectivity index is 1.39. The van der Waals surface area contributed by atoms with Crippen molar-refractivity contribution in [3.8, 4) is 5.75 Å². The van der Waals surface area contributed by atoms with Crippen molar-refractivity contribution in [1.29, 1.82) is 0 Å². The molecule has 6 nitrogen and oxygen atoms in total. The van der Waals surface area contributed by atoms with Crippen LogP contribution in [0.25, 0.3) is 0 Å². The van der Waals surface area contributed by atoms with E-state index in [1.165, 1.54) is 18.4 Å². The molecule has 0 bridgehead atoms. The number of likely N-dealkylation sites (tertiary alicyclic amines) is 2. The number of nitrogens with one attached hydrogen (secondary N) is 1. The van der Waals surface area contributed by atoms with E-state index in [1.54, 1.807) is 13.4 Å². The van der Waals surface area contributed by atoms with E-state index in [4.69, 9.17) is 4.74 Å². The number of hydrogen-bond acceptors (Lipinski definition) is 4. The van der Waals surface area contributed by atoms with Crippen LogP contribution in [0.3, 0.4) is 0 Å². The lowest BCUT2D eigenvalue weighted by Gasteiger charge is -2.48. The lowest BCUT2D eigenvalue weighted by atomic mass is 9.73. The Hall–Kier alpha value is -2.34. The molecule has 2 fully saturated rings. The number of methoxy groups -OCH3 is 1. The Kier molecular flexibility index (Phi) is 5.67. The molecule has 1 aromatic heterocycles. The van der Waals surface area contributed by atoms with E-state index in [0.717, 1.165) is 57.0 Å². The summed E-state index contributed by atoms with van der Waals surface area (Å²) in [6.07, 6.45) is 8.50. The lowest BCUT2D eigenvalue weighted by molar-refractivity contribution is -0.139. The van der Waals surface area contributed by atoms with Gasteiger partial charge in [-0.2, -0.15) is 0 Å². The molecule has 0 unspecified atom stereocenters. The molecule has 6 heteroatoms. The molecule has 3 heterocycles. The first-order valence-corrected chi connectivity index (χ1v) is 10.3. The highest BCUT2D eigenvalue weighted by atomic mass is 16.5. The second-order valence-electron chi connectivity index (χ2n) is 8.31. The average molecular weight is 383 g/mol. The van der Waals surface area contributed by atoms with Gasteiger partial charge in [0.05, 0.1) is 13.4 Å². The zero-order valence-electron chi connectivity index (χ0n) is 16.7. The van der Waals surface area contributed by atoms with E-state index in [-0.39, 0.29) is 5.41 Å². The number of imidazole rings is 1. The number of H-pyrrole nitrogens is 1. The van der Waals surface area contributed by atoms with E-state index in [9.17, 15) is 4.79 Å². The predicted molar refractivity (Wildman–Crippen MR) is 108 cm³/mol. The Morgan fingerprint density at radius 2 is 2.21 bits per heavy atom. The van der Waals surface area contributed by atoms with Crippen LogP contribution in [-0.2, 0) is 17.8 Å². The van der Waals surface area contributed by atoms with Crippen LogP contribution in [0.15, 0.2) is 36.8 Å². The van der Waals surface area contributed by atoms with Crippen molar-refractivity contribution in [3.63, 3.8) is 0 Å². The maximum absolute atomic E-state index is 12.5. The Morgan fingerprint density at radius 3 is 3.04 bits per heavy atom. The summed E-state index contributed by atoms with van der Waals surface area (Å²) < 4.78 is 5.37. The Morgan fingerprint density at radius 1 is 1.29 bits per heavy atom. The second kappa shape index (κ2) is 8.35. The third kappa shape index (κ3) is 4.38. The number of piperidine rings is 2. The Labute approximate surface area is 166 Å². The van der Waals surface area contributed by atoms with Crippen molar-refractivity contribution in [2.24, 2.45) is 5.41 Å². The summed E-state index contributed by atoms with van der Waals surface area (Å²) in [5, 5.41) is 0. The highest BCUT2D eigenvalue weighted by Gasteiger charge is 2.41. The fraction of sp³-hybridized carbons (Fsp3) is 0.545. The molecule has 28 heavy (non-hydrogen) atoms. The fourth-order valence-corrected chi connectivity index (χ4v) is 4.79. The number of nitrogens with zero attached hydrogens (tertiary/aromatic N) is 3. The summed E-state index contributed by atoms with van der Waals surface area (Å²) in [6.45, 7) is 4.80. The number of benzene rings is 1. The van der Waals surface area contributed by atoms with Crippen molar-refractivity contribution >= 4 is 5.91 Å². The summed E-state index contributed by atoms with van der Waals surface area (Å²) >= 11 is 0. The number of rotatable bonds is 6. The SMILES string of the molecule is COc1cccc(CN2CCC[C@]3(CCC(=O)N(CCc4cnc[nH]4)C3)C2)c1. The van der Waals surface area contributed by atoms with Gasteiger partial charge in [0, 0.05) is 56.3 Å². The smallest absolute Gasteiger partial charge is 0.222 e. The van der Waals surface area contributed by atoms with Gasteiger partial charge in [0.15, 0.2) is 0 Å². The van der Waals surface area contributed by atoms with Crippen molar-refractivity contribution in [3.05, 3.63) is 48.0 Å². The molecular formula is C22H30N4O2. The molecule has 4 rings (SSSR count). The molecule has 1 amide bonds. The number of aromatic amines is 1. The van der Waals surface area contributed by atoms with E-state index in [0.29, 0.717) is 12.3 Å². The molecule has 2 saturated heterocycles. The minimum Gasteiger partial charge on any atom is -0.497 e. The van der Waals surface area contributed by atoms with Crippen LogP contribution in [0.5, 0.6) is 5.75 Å². The molecular weight excluding hydrogens is 352 g/mol. The van der Waals surface area contributed by atoms with Crippen molar-refractivity contribution in [2.45, 2.75) is 38.6 Å². The van der Waals surface area contributed by atoms with E-state index >= 15 is 0 Å². The predicted octanol–water partition coefficient (Wildman–Crippen LogP) is 2.87. The molecule has 1 atom stereocenters. The van der Waals surface area contributed by atoms with Crippen LogP contribution in [0.2, 0.25) is 0 Å². The van der Waals surface area contributed by atoms with Gasteiger partial charge in [-0.25, -0.2) is 4.98 Å². The monoisotopic (exact) mass is 382 g/mol. The number of carbonyl (C=O) groups is 1. The number of ether oxygens (including phenoxy) is 1. The van der Waals surface area contributed by atoms with Crippen molar-refractivity contribution in [1.82, 2.24) is 19.8 Å². The number of hydrogen-bond donors (Lipinski definition) is 1. The number of carbonyl (C=O) groups excluding carboxylic acids is 1. The molecule has 1 N–H and O–H groups in total. The molecule has 2 aliphatic rings. The van der Waals surface area contributed by atoms with Gasteiger partial charge in [-0.3, -0.25) is 9.69 Å². The summed E-state index contributed by atoms with van der Waals surface area (Å²) in [6, 6.07) is 8.35. The Bertz CT molecular complexity index is 792. The normalized spacial score (nSPS) is 23.3. The first-order valence-electron chi connectivity index (χ1n) is 10.3. The minimum atomic E-state index is 0.235. The highest BCUT2D eigenvalue weighted by Crippen LogP contribution is 2.39. The number of amides is 1. The fourth-order valence-electron chi connectivity index (χ4n) is 4.79. The number of aromatic nitrogens is 2. The third-order valence-electron chi connectivity index (χ3n) is 6.23. The van der Waals surface area contributed by atoms with Gasteiger partial charge < -0.3 is 14.6 Å². The standard InChI is InChI=1S/C22H30N4O2/c1-28-20-5-2-4-18(12-20)14-25-10-3-8-22(15-25)9-6-21(27)26(16-22)11-7-19-13-23-17-24-19/h2,4-5,12-13,17H,3,6-11,14-16H2,1H3,(H,23,24)/t22-/m0/s1. The third-order valence-corrected chi connectivity index (χ3v) is 6.23. The van der Waals surface area contributed by atoms with Crippen LogP contribution in [0.1, 0.15) is 36.9 Å². The maximum atomic E-state index is 12.5. The first kappa shape index (κ1) is 19.0. The first-order chi connectivity index (χ1) is 13.7. The van der Waals surface area contributed by atoms with Crippen LogP contribution >= 0.6 is 0 Å². The summed E-state index contributed by atoms with van der Waals surface area (Å²) in [7, 11) is 1.71. The van der Waals surface area contributed by atoms with Crippen LogP contribution in [0.4, 0.5) is 0 Å². The van der Waals surface area contributed by atoms with E-state index < -0.39 is 0 Å². The summed E-state index contributed by atoms with van der Waals surface area (Å²) in [5.74, 6) is 1.22. The molecule has 0 radical (unpaired) electrons. The molecule has 1 spiro atoms. The molecule has 1 aromatic carbocycles. The van der Waals surface area contributed by atoms with Crippen LogP contribution in [-0.4, -0.2) is 59.0 Å². The summed E-state index contributed by atoms with van der Waals surface area (Å²) in [5.41, 5.74) is 2.62. The lowest BCUT2D eigenvalue weighted by Crippen LogP contribution is -2.54. The van der Waals surface area contributed by atoms with E-state index in [1.807, 2.05) is 12.3 Å². The quantitative estimate of drug-likeness (QED) is 0.835.